The number of ether oxygens (including phenoxy) is 1. The normalized spacial score (nSPS) is 13.8. The van der Waals surface area contributed by atoms with Crippen LogP contribution < -0.4 is 5.56 Å². The monoisotopic (exact) mass is 366 g/mol. The maximum absolute atomic E-state index is 13.2. The maximum atomic E-state index is 13.2. The Bertz CT molecular complexity index is 1070. The van der Waals surface area contributed by atoms with Gasteiger partial charge in [-0.15, -0.1) is 0 Å². The van der Waals surface area contributed by atoms with E-state index in [2.05, 4.69) is 4.98 Å². The van der Waals surface area contributed by atoms with Gasteiger partial charge in [0.25, 0.3) is 5.56 Å². The quantitative estimate of drug-likeness (QED) is 0.664. The van der Waals surface area contributed by atoms with Crippen LogP contribution in [0.15, 0.2) is 47.3 Å². The molecule has 6 heteroatoms. The van der Waals surface area contributed by atoms with Gasteiger partial charge in [0.2, 0.25) is 0 Å². The summed E-state index contributed by atoms with van der Waals surface area (Å²) in [4.78, 5) is 29.7. The fourth-order valence-electron chi connectivity index (χ4n) is 3.40. The van der Waals surface area contributed by atoms with Crippen molar-refractivity contribution in [3.05, 3.63) is 75.6 Å². The highest BCUT2D eigenvalue weighted by molar-refractivity contribution is 5.94. The van der Waals surface area contributed by atoms with Crippen molar-refractivity contribution in [3.63, 3.8) is 0 Å². The predicted octanol–water partition coefficient (Wildman–Crippen LogP) is 3.62. The smallest absolute Gasteiger partial charge is 0.338 e. The molecule has 0 radical (unpaired) electrons. The summed E-state index contributed by atoms with van der Waals surface area (Å²) in [6.45, 7) is 0.670. The summed E-state index contributed by atoms with van der Waals surface area (Å²) in [6, 6.07) is 10.7. The predicted molar refractivity (Wildman–Crippen MR) is 99.1 cm³/mol. The third-order valence-electron chi connectivity index (χ3n) is 4.81. The summed E-state index contributed by atoms with van der Waals surface area (Å²) >= 11 is 0. The Kier molecular flexibility index (Phi) is 4.71. The largest absolute Gasteiger partial charge is 0.457 e. The first-order chi connectivity index (χ1) is 13.1. The minimum atomic E-state index is -0.530. The van der Waals surface area contributed by atoms with Gasteiger partial charge in [0.15, 0.2) is 0 Å². The second kappa shape index (κ2) is 7.31. The third-order valence-corrected chi connectivity index (χ3v) is 4.81. The van der Waals surface area contributed by atoms with Crippen LogP contribution in [0.5, 0.6) is 0 Å². The van der Waals surface area contributed by atoms with Gasteiger partial charge >= 0.3 is 5.97 Å². The Labute approximate surface area is 155 Å². The summed E-state index contributed by atoms with van der Waals surface area (Å²) in [5.41, 5.74) is 1.35. The average molecular weight is 366 g/mol. The summed E-state index contributed by atoms with van der Waals surface area (Å²) in [5.74, 6) is -0.132. The minimum Gasteiger partial charge on any atom is -0.457 e. The molecule has 2 aromatic carbocycles. The lowest BCUT2D eigenvalue weighted by molar-refractivity contribution is 0.0472. The van der Waals surface area contributed by atoms with Crippen LogP contribution in [0.2, 0.25) is 0 Å². The SMILES string of the molecule is O=C(OCc1cccc(F)c1)c1ccc2c(=O)n3c(nc2c1)CCCCC3. The molecule has 2 heterocycles. The lowest BCUT2D eigenvalue weighted by Gasteiger charge is -2.11. The number of nitrogens with zero attached hydrogens (tertiary/aromatic N) is 2. The van der Waals surface area contributed by atoms with Gasteiger partial charge in [0.05, 0.1) is 16.5 Å². The zero-order valence-electron chi connectivity index (χ0n) is 14.8. The number of aryl methyl sites for hydroxylation is 1. The van der Waals surface area contributed by atoms with E-state index < -0.39 is 5.97 Å². The van der Waals surface area contributed by atoms with Crippen molar-refractivity contribution in [2.45, 2.75) is 38.8 Å². The Morgan fingerprint density at radius 3 is 2.89 bits per heavy atom. The van der Waals surface area contributed by atoms with Crippen LogP contribution in [0.25, 0.3) is 10.9 Å². The van der Waals surface area contributed by atoms with E-state index in [1.165, 1.54) is 12.1 Å². The summed E-state index contributed by atoms with van der Waals surface area (Å²) in [5, 5.41) is 0.502. The molecule has 0 fully saturated rings. The third kappa shape index (κ3) is 3.60. The van der Waals surface area contributed by atoms with E-state index in [0.717, 1.165) is 31.5 Å². The highest BCUT2D eigenvalue weighted by Gasteiger charge is 2.16. The van der Waals surface area contributed by atoms with Crippen LogP contribution in [0.3, 0.4) is 0 Å². The molecule has 1 aliphatic rings. The van der Waals surface area contributed by atoms with Gasteiger partial charge in [-0.05, 0) is 48.7 Å². The van der Waals surface area contributed by atoms with E-state index in [1.54, 1.807) is 34.9 Å². The lowest BCUT2D eigenvalue weighted by Crippen LogP contribution is -2.24. The second-order valence-electron chi connectivity index (χ2n) is 6.73. The molecule has 1 aliphatic heterocycles. The standard InChI is InChI=1S/C21H19FN2O3/c22-16-6-4-5-14(11-16)13-27-21(26)15-8-9-17-18(12-15)23-19-7-2-1-3-10-24(19)20(17)25/h4-6,8-9,11-12H,1-3,7,10,13H2. The van der Waals surface area contributed by atoms with E-state index in [1.807, 2.05) is 0 Å². The number of hydrogen-bond donors (Lipinski definition) is 0. The van der Waals surface area contributed by atoms with Gasteiger partial charge in [-0.3, -0.25) is 9.36 Å². The molecule has 138 valence electrons. The summed E-state index contributed by atoms with van der Waals surface area (Å²) in [7, 11) is 0. The van der Waals surface area contributed by atoms with Crippen LogP contribution in [0, 0.1) is 5.82 Å². The lowest BCUT2D eigenvalue weighted by atomic mass is 10.1. The number of carbonyl (C=O) groups is 1. The summed E-state index contributed by atoms with van der Waals surface area (Å²) < 4.78 is 20.2. The zero-order valence-corrected chi connectivity index (χ0v) is 14.8. The summed E-state index contributed by atoms with van der Waals surface area (Å²) in [6.07, 6.45) is 3.83. The highest BCUT2D eigenvalue weighted by atomic mass is 19.1. The Hall–Kier alpha value is -3.02. The number of esters is 1. The molecule has 4 rings (SSSR count). The van der Waals surface area contributed by atoms with Crippen molar-refractivity contribution >= 4 is 16.9 Å². The maximum Gasteiger partial charge on any atom is 0.338 e. The number of benzene rings is 2. The van der Waals surface area contributed by atoms with Crippen molar-refractivity contribution in [2.75, 3.05) is 0 Å². The molecule has 0 bridgehead atoms. The van der Waals surface area contributed by atoms with Crippen molar-refractivity contribution in [2.24, 2.45) is 0 Å². The molecule has 0 unspecified atom stereocenters. The van der Waals surface area contributed by atoms with Gasteiger partial charge < -0.3 is 4.74 Å². The van der Waals surface area contributed by atoms with Crippen molar-refractivity contribution in [3.8, 4) is 0 Å². The van der Waals surface area contributed by atoms with Crippen LogP contribution >= 0.6 is 0 Å². The molecular weight excluding hydrogens is 347 g/mol. The van der Waals surface area contributed by atoms with E-state index in [9.17, 15) is 14.0 Å². The van der Waals surface area contributed by atoms with Crippen LogP contribution in [0.4, 0.5) is 4.39 Å². The Morgan fingerprint density at radius 1 is 1.15 bits per heavy atom. The first-order valence-electron chi connectivity index (χ1n) is 9.07. The molecule has 0 saturated carbocycles. The van der Waals surface area contributed by atoms with Gasteiger partial charge in [-0.25, -0.2) is 14.2 Å². The van der Waals surface area contributed by atoms with Gasteiger partial charge in [-0.1, -0.05) is 18.6 Å². The molecule has 1 aromatic heterocycles. The number of hydrogen-bond acceptors (Lipinski definition) is 4. The van der Waals surface area contributed by atoms with E-state index in [-0.39, 0.29) is 18.0 Å². The zero-order chi connectivity index (χ0) is 18.8. The highest BCUT2D eigenvalue weighted by Crippen LogP contribution is 2.17. The fraction of sp³-hybridized carbons (Fsp3) is 0.286. The first-order valence-corrected chi connectivity index (χ1v) is 9.07. The topological polar surface area (TPSA) is 61.2 Å². The minimum absolute atomic E-state index is 0.0189. The van der Waals surface area contributed by atoms with E-state index >= 15 is 0 Å². The number of carbonyl (C=O) groups excluding carboxylic acids is 1. The van der Waals surface area contributed by atoms with Gasteiger partial charge in [-0.2, -0.15) is 0 Å². The molecule has 0 N–H and O–H groups in total. The molecule has 0 spiro atoms. The van der Waals surface area contributed by atoms with Crippen molar-refractivity contribution < 1.29 is 13.9 Å². The van der Waals surface area contributed by atoms with Crippen LogP contribution in [0.1, 0.15) is 41.0 Å². The Morgan fingerprint density at radius 2 is 2.04 bits per heavy atom. The van der Waals surface area contributed by atoms with Gasteiger partial charge in [0, 0.05) is 13.0 Å². The van der Waals surface area contributed by atoms with E-state index in [4.69, 9.17) is 4.74 Å². The fourth-order valence-corrected chi connectivity index (χ4v) is 3.40. The first kappa shape index (κ1) is 17.4. The average Bonchev–Trinajstić information content (AvgIpc) is 2.91. The second-order valence-corrected chi connectivity index (χ2v) is 6.73. The number of aromatic nitrogens is 2. The molecular formula is C21H19FN2O3. The molecule has 0 atom stereocenters. The van der Waals surface area contributed by atoms with Crippen LogP contribution in [-0.4, -0.2) is 15.5 Å². The number of halogens is 1. The van der Waals surface area contributed by atoms with Crippen LogP contribution in [-0.2, 0) is 24.3 Å². The Balaban J connectivity index is 1.61. The van der Waals surface area contributed by atoms with Crippen molar-refractivity contribution in [1.29, 1.82) is 0 Å². The molecule has 0 amide bonds. The molecule has 27 heavy (non-hydrogen) atoms. The molecule has 0 aliphatic carbocycles. The molecule has 5 nitrogen and oxygen atoms in total. The van der Waals surface area contributed by atoms with E-state index in [0.29, 0.717) is 28.6 Å². The van der Waals surface area contributed by atoms with Crippen molar-refractivity contribution in [1.82, 2.24) is 9.55 Å². The molecule has 0 saturated heterocycles. The van der Waals surface area contributed by atoms with Gasteiger partial charge in [0.1, 0.15) is 18.2 Å². The number of fused-ring (bicyclic) bond motifs is 2. The molecule has 3 aromatic rings. The number of rotatable bonds is 3.